The van der Waals surface area contributed by atoms with Crippen LogP contribution in [0.25, 0.3) is 32.7 Å². The highest BCUT2D eigenvalue weighted by Crippen LogP contribution is 2.38. The molecule has 0 aliphatic heterocycles. The molecule has 0 unspecified atom stereocenters. The summed E-state index contributed by atoms with van der Waals surface area (Å²) >= 11 is 1.32. The number of aromatic nitrogens is 5. The fraction of sp³-hybridized carbons (Fsp3) is 0.360. The summed E-state index contributed by atoms with van der Waals surface area (Å²) in [6.45, 7) is 9.31. The molecule has 3 aromatic heterocycles. The highest BCUT2D eigenvalue weighted by Gasteiger charge is 2.21. The minimum absolute atomic E-state index is 0.310. The average Bonchev–Trinajstić information content (AvgIpc) is 3.23. The molecule has 37 heavy (non-hydrogen) atoms. The van der Waals surface area contributed by atoms with E-state index in [9.17, 15) is 15.0 Å². The molecule has 0 atom stereocenters. The van der Waals surface area contributed by atoms with Gasteiger partial charge < -0.3 is 20.8 Å². The summed E-state index contributed by atoms with van der Waals surface area (Å²) in [5, 5.41) is 29.3. The fourth-order valence-corrected chi connectivity index (χ4v) is 4.36. The molecular weight excluding hydrogens is 492 g/mol. The molecule has 0 fully saturated rings. The van der Waals surface area contributed by atoms with Crippen LogP contribution in [-0.2, 0) is 5.60 Å². The molecule has 0 saturated heterocycles. The van der Waals surface area contributed by atoms with Gasteiger partial charge in [0.2, 0.25) is 0 Å². The van der Waals surface area contributed by atoms with Gasteiger partial charge in [-0.1, -0.05) is 11.3 Å². The number of amides is 2. The zero-order valence-electron chi connectivity index (χ0n) is 21.3. The normalized spacial score (nSPS) is 12.0. The van der Waals surface area contributed by atoms with Crippen molar-refractivity contribution in [2.24, 2.45) is 0 Å². The molecular formula is C25H30N8O3S. The first-order chi connectivity index (χ1) is 17.4. The summed E-state index contributed by atoms with van der Waals surface area (Å²) in [7, 11) is 0. The van der Waals surface area contributed by atoms with Gasteiger partial charge in [-0.15, -0.1) is 0 Å². The average molecular weight is 523 g/mol. The molecule has 4 rings (SSSR count). The smallest absolute Gasteiger partial charge is 0.321 e. The molecule has 2 amide bonds. The zero-order chi connectivity index (χ0) is 26.8. The van der Waals surface area contributed by atoms with E-state index >= 15 is 0 Å². The van der Waals surface area contributed by atoms with Gasteiger partial charge in [0.1, 0.15) is 11.4 Å². The minimum atomic E-state index is -1.16. The molecule has 0 aliphatic rings. The van der Waals surface area contributed by atoms with E-state index in [-0.39, 0.29) is 6.03 Å². The number of thiazole rings is 1. The second kappa shape index (κ2) is 10.3. The lowest BCUT2D eigenvalue weighted by atomic mass is 10.0. The Morgan fingerprint density at radius 3 is 2.41 bits per heavy atom. The molecule has 0 radical (unpaired) electrons. The molecule has 0 spiro atoms. The van der Waals surface area contributed by atoms with E-state index in [4.69, 9.17) is 0 Å². The summed E-state index contributed by atoms with van der Waals surface area (Å²) in [5.74, 6) is 1.33. The van der Waals surface area contributed by atoms with Crippen molar-refractivity contribution < 1.29 is 15.0 Å². The van der Waals surface area contributed by atoms with E-state index in [0.717, 1.165) is 15.8 Å². The number of urea groups is 1. The molecule has 5 N–H and O–H groups in total. The lowest BCUT2D eigenvalue weighted by Crippen LogP contribution is -2.29. The number of aliphatic hydroxyl groups is 2. The van der Waals surface area contributed by atoms with E-state index in [1.807, 2.05) is 19.1 Å². The van der Waals surface area contributed by atoms with Crippen LogP contribution in [0.4, 0.5) is 15.7 Å². The first-order valence-corrected chi connectivity index (χ1v) is 12.6. The molecule has 11 nitrogen and oxygen atoms in total. The fourth-order valence-electron chi connectivity index (χ4n) is 3.41. The molecule has 4 aromatic rings. The van der Waals surface area contributed by atoms with Crippen molar-refractivity contribution in [1.29, 1.82) is 0 Å². The molecule has 194 valence electrons. The van der Waals surface area contributed by atoms with Gasteiger partial charge in [0, 0.05) is 42.8 Å². The number of rotatable bonds is 8. The Balaban J connectivity index is 1.80. The lowest BCUT2D eigenvalue weighted by Gasteiger charge is -2.18. The maximum Gasteiger partial charge on any atom is 0.321 e. The summed E-state index contributed by atoms with van der Waals surface area (Å²) in [6.07, 6.45) is 4.94. The van der Waals surface area contributed by atoms with Crippen molar-refractivity contribution in [3.63, 3.8) is 0 Å². The Labute approximate surface area is 218 Å². The van der Waals surface area contributed by atoms with E-state index in [2.05, 4.69) is 40.9 Å². The highest BCUT2D eigenvalue weighted by molar-refractivity contribution is 7.22. The molecule has 0 aliphatic carbocycles. The molecule has 0 bridgehead atoms. The topological polar surface area (TPSA) is 158 Å². The van der Waals surface area contributed by atoms with Gasteiger partial charge in [0.15, 0.2) is 16.8 Å². The minimum Gasteiger partial charge on any atom is -0.389 e. The maximum atomic E-state index is 12.1. The number of nitrogens with zero attached hydrogens (tertiary/aromatic N) is 5. The Morgan fingerprint density at radius 2 is 1.76 bits per heavy atom. The Hall–Kier alpha value is -3.74. The molecule has 3 heterocycles. The quantitative estimate of drug-likeness (QED) is 0.232. The van der Waals surface area contributed by atoms with Crippen LogP contribution in [0.1, 0.15) is 40.4 Å². The van der Waals surface area contributed by atoms with E-state index in [0.29, 0.717) is 46.8 Å². The number of carbonyl (C=O) groups excluding carboxylic acids is 1. The number of nitrogens with one attached hydrogen (secondary N) is 3. The van der Waals surface area contributed by atoms with Gasteiger partial charge >= 0.3 is 6.03 Å². The van der Waals surface area contributed by atoms with Gasteiger partial charge in [-0.05, 0) is 58.4 Å². The summed E-state index contributed by atoms with van der Waals surface area (Å²) in [5.41, 5.74) is 0.788. The van der Waals surface area contributed by atoms with Crippen LogP contribution in [-0.4, -0.2) is 59.9 Å². The van der Waals surface area contributed by atoms with E-state index in [1.165, 1.54) is 11.3 Å². The second-order valence-electron chi connectivity index (χ2n) is 9.66. The summed E-state index contributed by atoms with van der Waals surface area (Å²) in [6, 6.07) is 5.20. The van der Waals surface area contributed by atoms with Gasteiger partial charge in [-0.2, -0.15) is 0 Å². The van der Waals surface area contributed by atoms with Crippen molar-refractivity contribution >= 4 is 38.5 Å². The van der Waals surface area contributed by atoms with Gasteiger partial charge in [0.05, 0.1) is 15.8 Å². The third-order valence-corrected chi connectivity index (χ3v) is 6.20. The maximum absolute atomic E-state index is 12.1. The van der Waals surface area contributed by atoms with Crippen LogP contribution >= 0.6 is 11.3 Å². The van der Waals surface area contributed by atoms with Crippen molar-refractivity contribution in [3.05, 3.63) is 42.6 Å². The van der Waals surface area contributed by atoms with Crippen LogP contribution in [0.5, 0.6) is 0 Å². The SMILES string of the molecule is CCNC(=O)Nc1nc2cc(-c3cnc(C(C)(C)O)nc3)cc(-c3nccc(NCC(C)(C)O)n3)c2s1. The Kier molecular flexibility index (Phi) is 7.35. The van der Waals surface area contributed by atoms with Crippen LogP contribution in [0.3, 0.4) is 0 Å². The van der Waals surface area contributed by atoms with Gasteiger partial charge in [-0.25, -0.2) is 29.7 Å². The lowest BCUT2D eigenvalue weighted by molar-refractivity contribution is 0.0687. The second-order valence-corrected chi connectivity index (χ2v) is 10.7. The molecule has 12 heteroatoms. The Bertz CT molecular complexity index is 1410. The number of hydrogen-bond acceptors (Lipinski definition) is 10. The van der Waals surface area contributed by atoms with Crippen LogP contribution < -0.4 is 16.0 Å². The summed E-state index contributed by atoms with van der Waals surface area (Å²) in [4.78, 5) is 34.5. The number of benzene rings is 1. The molecule has 1 aromatic carbocycles. The van der Waals surface area contributed by atoms with E-state index in [1.54, 1.807) is 52.4 Å². The number of carbonyl (C=O) groups is 1. The number of hydrogen-bond donors (Lipinski definition) is 5. The van der Waals surface area contributed by atoms with Crippen molar-refractivity contribution in [3.8, 4) is 22.5 Å². The number of anilines is 2. The van der Waals surface area contributed by atoms with Crippen LogP contribution in [0.2, 0.25) is 0 Å². The van der Waals surface area contributed by atoms with Crippen LogP contribution in [0.15, 0.2) is 36.8 Å². The first-order valence-electron chi connectivity index (χ1n) is 11.8. The van der Waals surface area contributed by atoms with Crippen molar-refractivity contribution in [2.45, 2.75) is 45.8 Å². The predicted octanol–water partition coefficient (Wildman–Crippen LogP) is 3.76. The van der Waals surface area contributed by atoms with Gasteiger partial charge in [-0.3, -0.25) is 5.32 Å². The largest absolute Gasteiger partial charge is 0.389 e. The predicted molar refractivity (Wildman–Crippen MR) is 144 cm³/mol. The van der Waals surface area contributed by atoms with E-state index < -0.39 is 11.2 Å². The van der Waals surface area contributed by atoms with Gasteiger partial charge in [0.25, 0.3) is 0 Å². The summed E-state index contributed by atoms with van der Waals surface area (Å²) < 4.78 is 0.796. The van der Waals surface area contributed by atoms with Crippen molar-refractivity contribution in [1.82, 2.24) is 30.2 Å². The van der Waals surface area contributed by atoms with Crippen molar-refractivity contribution in [2.75, 3.05) is 23.7 Å². The zero-order valence-corrected chi connectivity index (χ0v) is 22.1. The van der Waals surface area contributed by atoms with Crippen LogP contribution in [0, 0.1) is 0 Å². The highest BCUT2D eigenvalue weighted by atomic mass is 32.1. The third kappa shape index (κ3) is 6.53. The number of fused-ring (bicyclic) bond motifs is 1. The molecule has 0 saturated carbocycles. The monoisotopic (exact) mass is 522 g/mol. The Morgan fingerprint density at radius 1 is 1.03 bits per heavy atom. The standard InChI is InChI=1S/C25H30N8O3S/c1-6-26-22(34)33-23-31-17-10-14(15-11-28-21(29-12-15)25(4,5)36)9-16(19(17)37-23)20-27-8-7-18(32-20)30-13-24(2,3)35/h7-12,35-36H,6,13H2,1-5H3,(H,27,30,32)(H2,26,31,33,34). The third-order valence-electron chi connectivity index (χ3n) is 5.18. The first kappa shape index (κ1) is 26.3.